The van der Waals surface area contributed by atoms with Crippen LogP contribution in [0, 0.1) is 0 Å². The lowest BCUT2D eigenvalue weighted by Crippen LogP contribution is -3.00. The molecule has 0 unspecified atom stereocenters. The van der Waals surface area contributed by atoms with Crippen LogP contribution in [-0.4, -0.2) is 36.8 Å². The Balaban J connectivity index is 3.23. The second kappa shape index (κ2) is 3.85. The summed E-state index contributed by atoms with van der Waals surface area (Å²) in [6.07, 6.45) is 0. The molecule has 0 aromatic rings. The molecule has 0 aromatic heterocycles. The minimum Gasteiger partial charge on any atom is -0.278 e. The molecular formula is C10H27FN4Si2. The van der Waals surface area contributed by atoms with Gasteiger partial charge in [0.05, 0.1) is 0 Å². The molecule has 4 nitrogen and oxygen atoms in total. The van der Waals surface area contributed by atoms with Crippen molar-refractivity contribution in [2.75, 3.05) is 0 Å². The van der Waals surface area contributed by atoms with E-state index in [0.29, 0.717) is 0 Å². The number of hydrogen-bond donors (Lipinski definition) is 2. The first-order chi connectivity index (χ1) is 7.29. The van der Waals surface area contributed by atoms with Crippen LogP contribution in [0.4, 0.5) is 4.11 Å². The molecule has 1 saturated heterocycles. The summed E-state index contributed by atoms with van der Waals surface area (Å²) in [7, 11) is -5.31. The minimum absolute atomic E-state index is 0.190. The van der Waals surface area contributed by atoms with Gasteiger partial charge in [-0.1, -0.05) is 0 Å². The summed E-state index contributed by atoms with van der Waals surface area (Å²) in [5.41, 5.74) is -0.379. The molecule has 1 heterocycles. The Morgan fingerprint density at radius 1 is 0.941 bits per heavy atom. The highest BCUT2D eigenvalue weighted by atomic mass is 28.5. The molecule has 1 fully saturated rings. The van der Waals surface area contributed by atoms with E-state index in [2.05, 4.69) is 59.7 Å². The van der Waals surface area contributed by atoms with Gasteiger partial charge in [-0.15, -0.1) is 0 Å². The lowest BCUT2D eigenvalue weighted by Gasteiger charge is -2.70. The summed E-state index contributed by atoms with van der Waals surface area (Å²) in [6.45, 7) is 16.7. The summed E-state index contributed by atoms with van der Waals surface area (Å²) in [6, 6.07) is 0. The van der Waals surface area contributed by atoms with E-state index in [4.69, 9.17) is 5.84 Å². The van der Waals surface area contributed by atoms with E-state index in [0.717, 1.165) is 0 Å². The fraction of sp³-hybridized carbons (Fsp3) is 1.00. The van der Waals surface area contributed by atoms with Crippen LogP contribution >= 0.6 is 0 Å². The standard InChI is InChI=1S/C10H27FN4Si2/c1-9(2,3)14-16(7,8)15(10(4,5)6)17(14,11)13-12/h13H,12H2,1-8H3. The van der Waals surface area contributed by atoms with E-state index >= 15 is 4.11 Å². The Morgan fingerprint density at radius 2 is 1.24 bits per heavy atom. The SMILES string of the molecule is CC(C)(C)N1[Si](C)(C)N(C(C)(C)C)[Si]1(F)NN. The molecule has 0 aliphatic carbocycles. The van der Waals surface area contributed by atoms with Crippen LogP contribution in [0.1, 0.15) is 41.5 Å². The molecule has 0 spiro atoms. The highest BCUT2D eigenvalue weighted by molar-refractivity contribution is 7.00. The third-order valence-corrected chi connectivity index (χ3v) is 14.7. The average molecular weight is 279 g/mol. The number of nitrogens with zero attached hydrogens (tertiary/aromatic N) is 2. The van der Waals surface area contributed by atoms with Crippen molar-refractivity contribution in [1.29, 1.82) is 0 Å². The third-order valence-electron chi connectivity index (χ3n) is 3.21. The highest BCUT2D eigenvalue weighted by Gasteiger charge is 2.74. The van der Waals surface area contributed by atoms with Gasteiger partial charge in [-0.25, -0.2) is 5.09 Å². The highest BCUT2D eigenvalue weighted by Crippen LogP contribution is 2.46. The number of rotatable bonds is 1. The second-order valence-corrected chi connectivity index (χ2v) is 14.4. The van der Waals surface area contributed by atoms with E-state index in [1.54, 1.807) is 0 Å². The van der Waals surface area contributed by atoms with Gasteiger partial charge in [0.25, 0.3) is 0 Å². The van der Waals surface area contributed by atoms with Gasteiger partial charge in [0, 0.05) is 11.1 Å². The third kappa shape index (κ3) is 2.13. The van der Waals surface area contributed by atoms with Gasteiger partial charge in [0.1, 0.15) is 0 Å². The van der Waals surface area contributed by atoms with Crippen LogP contribution in [0.15, 0.2) is 0 Å². The Kier molecular flexibility index (Phi) is 3.45. The maximum Gasteiger partial charge on any atom is 0.489 e. The van der Waals surface area contributed by atoms with Gasteiger partial charge in [-0.05, 0) is 54.6 Å². The second-order valence-electron chi connectivity index (χ2n) is 7.24. The van der Waals surface area contributed by atoms with Crippen molar-refractivity contribution >= 4 is 17.3 Å². The smallest absolute Gasteiger partial charge is 0.278 e. The van der Waals surface area contributed by atoms with Gasteiger partial charge in [0.2, 0.25) is 0 Å². The van der Waals surface area contributed by atoms with E-state index < -0.39 is 17.3 Å². The van der Waals surface area contributed by atoms with Gasteiger partial charge in [-0.3, -0.25) is 18.4 Å². The first-order valence-electron chi connectivity index (χ1n) is 6.07. The summed E-state index contributed by atoms with van der Waals surface area (Å²) < 4.78 is 19.3. The molecule has 7 heteroatoms. The van der Waals surface area contributed by atoms with Gasteiger partial charge < -0.3 is 0 Å². The lowest BCUT2D eigenvalue weighted by atomic mass is 10.1. The minimum atomic E-state index is -3.38. The molecule has 0 amide bonds. The van der Waals surface area contributed by atoms with Crippen LogP contribution in [0.25, 0.3) is 0 Å². The van der Waals surface area contributed by atoms with Crippen molar-refractivity contribution in [3.63, 3.8) is 0 Å². The van der Waals surface area contributed by atoms with Crippen LogP contribution in [0.5, 0.6) is 0 Å². The van der Waals surface area contributed by atoms with Crippen molar-refractivity contribution < 1.29 is 4.11 Å². The predicted molar refractivity (Wildman–Crippen MR) is 74.9 cm³/mol. The van der Waals surface area contributed by atoms with Crippen LogP contribution in [0.2, 0.25) is 13.1 Å². The van der Waals surface area contributed by atoms with Crippen molar-refractivity contribution in [3.8, 4) is 0 Å². The number of nitrogens with one attached hydrogen (secondary N) is 1. The van der Waals surface area contributed by atoms with Crippen molar-refractivity contribution in [1.82, 2.24) is 13.6 Å². The Labute approximate surface area is 107 Å². The van der Waals surface area contributed by atoms with Crippen LogP contribution in [0.3, 0.4) is 0 Å². The molecule has 3 N–H and O–H groups in total. The van der Waals surface area contributed by atoms with Gasteiger partial charge in [0.15, 0.2) is 8.40 Å². The molecule has 17 heavy (non-hydrogen) atoms. The number of hydrogen-bond acceptors (Lipinski definition) is 4. The van der Waals surface area contributed by atoms with Crippen LogP contribution in [-0.2, 0) is 0 Å². The molecule has 0 aromatic carbocycles. The zero-order valence-electron chi connectivity index (χ0n) is 12.3. The molecule has 0 radical (unpaired) electrons. The average Bonchev–Trinajstić information content (AvgIpc) is 1.94. The topological polar surface area (TPSA) is 44.5 Å². The maximum absolute atomic E-state index is 15.2. The number of halogens is 1. The summed E-state index contributed by atoms with van der Waals surface area (Å²) in [4.78, 5) is 0. The zero-order chi connectivity index (χ0) is 13.9. The normalized spacial score (nSPS) is 25.8. The number of nitrogens with two attached hydrogens (primary N) is 1. The summed E-state index contributed by atoms with van der Waals surface area (Å²) in [5, 5.41) is 2.51. The van der Waals surface area contributed by atoms with E-state index in [9.17, 15) is 0 Å². The molecule has 102 valence electrons. The maximum atomic E-state index is 15.2. The summed E-state index contributed by atoms with van der Waals surface area (Å²) in [5.74, 6) is 5.54. The lowest BCUT2D eigenvalue weighted by molar-refractivity contribution is 0.152. The summed E-state index contributed by atoms with van der Waals surface area (Å²) >= 11 is 0. The van der Waals surface area contributed by atoms with Crippen molar-refractivity contribution in [3.05, 3.63) is 0 Å². The first-order valence-corrected chi connectivity index (χ1v) is 10.7. The zero-order valence-corrected chi connectivity index (χ0v) is 14.3. The Bertz CT molecular complexity index is 284. The molecule has 0 bridgehead atoms. The Hall–Kier alpha value is 0.204. The van der Waals surface area contributed by atoms with Gasteiger partial charge >= 0.3 is 8.89 Å². The van der Waals surface area contributed by atoms with Crippen molar-refractivity contribution in [2.24, 2.45) is 5.84 Å². The molecule has 1 aliphatic rings. The van der Waals surface area contributed by atoms with Crippen LogP contribution < -0.4 is 10.9 Å². The fourth-order valence-corrected chi connectivity index (χ4v) is 16.0. The van der Waals surface area contributed by atoms with E-state index in [1.807, 2.05) is 8.46 Å². The molecule has 1 aliphatic heterocycles. The molecular weight excluding hydrogens is 251 g/mol. The first kappa shape index (κ1) is 15.3. The van der Waals surface area contributed by atoms with Crippen molar-refractivity contribution in [2.45, 2.75) is 65.7 Å². The number of hydrazine groups is 1. The Morgan fingerprint density at radius 3 is 1.41 bits per heavy atom. The molecule has 1 rings (SSSR count). The fourth-order valence-electron chi connectivity index (χ4n) is 3.54. The van der Waals surface area contributed by atoms with E-state index in [1.165, 1.54) is 0 Å². The van der Waals surface area contributed by atoms with Gasteiger partial charge in [-0.2, -0.15) is 0 Å². The monoisotopic (exact) mass is 278 g/mol. The molecule has 0 saturated carbocycles. The van der Waals surface area contributed by atoms with E-state index in [-0.39, 0.29) is 11.1 Å². The quantitative estimate of drug-likeness (QED) is 0.332. The largest absolute Gasteiger partial charge is 0.489 e. The molecule has 0 atom stereocenters. The predicted octanol–water partition coefficient (Wildman–Crippen LogP) is 1.77.